The quantitative estimate of drug-likeness (QED) is 0.524. The second kappa shape index (κ2) is 10.2. The van der Waals surface area contributed by atoms with E-state index in [0.29, 0.717) is 12.1 Å². The number of anilines is 1. The first-order chi connectivity index (χ1) is 14.6. The van der Waals surface area contributed by atoms with E-state index in [1.165, 1.54) is 0 Å². The number of hydrogen-bond donors (Lipinski definition) is 2. The molecule has 3 rings (SSSR count). The van der Waals surface area contributed by atoms with Crippen molar-refractivity contribution in [3.8, 4) is 0 Å². The number of aryl methyl sites for hydroxylation is 1. The third-order valence-corrected chi connectivity index (χ3v) is 4.56. The zero-order chi connectivity index (χ0) is 21.3. The number of benzene rings is 2. The fourth-order valence-electron chi connectivity index (χ4n) is 3.15. The monoisotopic (exact) mass is 408 g/mol. The molecule has 0 aliphatic carbocycles. The summed E-state index contributed by atoms with van der Waals surface area (Å²) < 4.78 is 10.0. The van der Waals surface area contributed by atoms with Gasteiger partial charge in [-0.3, -0.25) is 9.59 Å². The lowest BCUT2D eigenvalue weighted by Gasteiger charge is -2.10. The average Bonchev–Trinajstić information content (AvgIpc) is 3.16. The SMILES string of the molecule is CCOC(=O)c1ccccc1NC(=O)COC(=O)CCCc1c[nH]c2ccccc12. The van der Waals surface area contributed by atoms with Gasteiger partial charge in [-0.25, -0.2) is 4.79 Å². The molecular weight excluding hydrogens is 384 g/mol. The van der Waals surface area contributed by atoms with Crippen LogP contribution in [-0.4, -0.2) is 36.0 Å². The molecule has 30 heavy (non-hydrogen) atoms. The minimum atomic E-state index is -0.525. The van der Waals surface area contributed by atoms with Gasteiger partial charge in [-0.15, -0.1) is 0 Å². The molecule has 1 heterocycles. The summed E-state index contributed by atoms with van der Waals surface area (Å²) in [5.74, 6) is -1.48. The lowest BCUT2D eigenvalue weighted by molar-refractivity contribution is -0.147. The number of aromatic nitrogens is 1. The number of carbonyl (C=O) groups excluding carboxylic acids is 3. The van der Waals surface area contributed by atoms with Crippen LogP contribution in [0.25, 0.3) is 10.9 Å². The molecule has 0 fully saturated rings. The van der Waals surface area contributed by atoms with Crippen molar-refractivity contribution in [3.05, 3.63) is 65.9 Å². The third kappa shape index (κ3) is 5.47. The van der Waals surface area contributed by atoms with Crippen molar-refractivity contribution in [1.82, 2.24) is 4.98 Å². The van der Waals surface area contributed by atoms with Gasteiger partial charge in [0.2, 0.25) is 0 Å². The molecule has 0 aliphatic heterocycles. The van der Waals surface area contributed by atoms with Crippen LogP contribution in [0.5, 0.6) is 0 Å². The largest absolute Gasteiger partial charge is 0.462 e. The second-order valence-electron chi connectivity index (χ2n) is 6.69. The molecule has 0 radical (unpaired) electrons. The Morgan fingerprint density at radius 2 is 1.77 bits per heavy atom. The maximum absolute atomic E-state index is 12.1. The Morgan fingerprint density at radius 1 is 1.00 bits per heavy atom. The van der Waals surface area contributed by atoms with E-state index < -0.39 is 24.5 Å². The first-order valence-electron chi connectivity index (χ1n) is 9.85. The molecule has 7 heteroatoms. The fraction of sp³-hybridized carbons (Fsp3) is 0.261. The second-order valence-corrected chi connectivity index (χ2v) is 6.69. The normalized spacial score (nSPS) is 10.6. The molecule has 2 aromatic carbocycles. The Bertz CT molecular complexity index is 1040. The van der Waals surface area contributed by atoms with Crippen LogP contribution in [0.15, 0.2) is 54.7 Å². The minimum Gasteiger partial charge on any atom is -0.462 e. The van der Waals surface area contributed by atoms with Crippen LogP contribution in [0.3, 0.4) is 0 Å². The average molecular weight is 408 g/mol. The van der Waals surface area contributed by atoms with Crippen molar-refractivity contribution >= 4 is 34.4 Å². The number of ether oxygens (including phenoxy) is 2. The molecular formula is C23H24N2O5. The van der Waals surface area contributed by atoms with Gasteiger partial charge in [0, 0.05) is 23.5 Å². The van der Waals surface area contributed by atoms with Gasteiger partial charge in [0.1, 0.15) is 0 Å². The maximum Gasteiger partial charge on any atom is 0.340 e. The van der Waals surface area contributed by atoms with E-state index in [1.54, 1.807) is 31.2 Å². The molecule has 0 bridgehead atoms. The summed E-state index contributed by atoms with van der Waals surface area (Å²) in [6, 6.07) is 14.5. The Morgan fingerprint density at radius 3 is 2.60 bits per heavy atom. The summed E-state index contributed by atoms with van der Waals surface area (Å²) >= 11 is 0. The van der Waals surface area contributed by atoms with Gasteiger partial charge in [0.25, 0.3) is 5.91 Å². The Kier molecular flexibility index (Phi) is 7.21. The summed E-state index contributed by atoms with van der Waals surface area (Å²) in [6.07, 6.45) is 3.52. The van der Waals surface area contributed by atoms with Crippen molar-refractivity contribution in [2.45, 2.75) is 26.2 Å². The minimum absolute atomic E-state index is 0.214. The first-order valence-corrected chi connectivity index (χ1v) is 9.85. The van der Waals surface area contributed by atoms with Gasteiger partial charge in [0.05, 0.1) is 17.9 Å². The van der Waals surface area contributed by atoms with Gasteiger partial charge < -0.3 is 19.8 Å². The highest BCUT2D eigenvalue weighted by Gasteiger charge is 2.15. The van der Waals surface area contributed by atoms with E-state index in [9.17, 15) is 14.4 Å². The zero-order valence-corrected chi connectivity index (χ0v) is 16.8. The van der Waals surface area contributed by atoms with E-state index in [2.05, 4.69) is 10.3 Å². The number of fused-ring (bicyclic) bond motifs is 1. The van der Waals surface area contributed by atoms with Crippen LogP contribution in [0.1, 0.15) is 35.7 Å². The predicted molar refractivity (Wildman–Crippen MR) is 113 cm³/mol. The Labute approximate surface area is 174 Å². The Hall–Kier alpha value is -3.61. The predicted octanol–water partition coefficient (Wildman–Crippen LogP) is 3.85. The third-order valence-electron chi connectivity index (χ3n) is 4.56. The lowest BCUT2D eigenvalue weighted by atomic mass is 10.1. The molecule has 3 aromatic rings. The molecule has 0 unspecified atom stereocenters. The number of H-pyrrole nitrogens is 1. The molecule has 1 aromatic heterocycles. The van der Waals surface area contributed by atoms with Crippen LogP contribution in [0, 0.1) is 0 Å². The molecule has 2 N–H and O–H groups in total. The van der Waals surface area contributed by atoms with Gasteiger partial charge >= 0.3 is 11.9 Å². The summed E-state index contributed by atoms with van der Waals surface area (Å²) in [4.78, 5) is 39.2. The molecule has 0 saturated heterocycles. The smallest absolute Gasteiger partial charge is 0.340 e. The molecule has 1 amide bonds. The number of amides is 1. The van der Waals surface area contributed by atoms with Gasteiger partial charge in [-0.05, 0) is 43.5 Å². The summed E-state index contributed by atoms with van der Waals surface area (Å²) in [7, 11) is 0. The molecule has 7 nitrogen and oxygen atoms in total. The summed E-state index contributed by atoms with van der Waals surface area (Å²) in [5, 5.41) is 3.73. The van der Waals surface area contributed by atoms with Crippen molar-refractivity contribution < 1.29 is 23.9 Å². The van der Waals surface area contributed by atoms with Crippen LogP contribution in [0.2, 0.25) is 0 Å². The van der Waals surface area contributed by atoms with Gasteiger partial charge in [-0.2, -0.15) is 0 Å². The van der Waals surface area contributed by atoms with Gasteiger partial charge in [0.15, 0.2) is 6.61 Å². The van der Waals surface area contributed by atoms with Crippen molar-refractivity contribution in [2.24, 2.45) is 0 Å². The van der Waals surface area contributed by atoms with Gasteiger partial charge in [-0.1, -0.05) is 30.3 Å². The van der Waals surface area contributed by atoms with Crippen LogP contribution in [0.4, 0.5) is 5.69 Å². The van der Waals surface area contributed by atoms with E-state index in [4.69, 9.17) is 9.47 Å². The Balaban J connectivity index is 1.44. The standard InChI is InChI=1S/C23H24N2O5/c1-2-29-23(28)18-10-4-6-12-20(18)25-21(26)15-30-22(27)13-7-8-16-14-24-19-11-5-3-9-17(16)19/h3-6,9-12,14,24H,2,7-8,13,15H2,1H3,(H,25,26). The number of para-hydroxylation sites is 2. The number of esters is 2. The number of hydrogen-bond acceptors (Lipinski definition) is 5. The highest BCUT2D eigenvalue weighted by atomic mass is 16.5. The van der Waals surface area contributed by atoms with Crippen molar-refractivity contribution in [1.29, 1.82) is 0 Å². The van der Waals surface area contributed by atoms with Crippen LogP contribution in [-0.2, 0) is 25.5 Å². The van der Waals surface area contributed by atoms with Crippen molar-refractivity contribution in [2.75, 3.05) is 18.5 Å². The molecule has 0 spiro atoms. The fourth-order valence-corrected chi connectivity index (χ4v) is 3.15. The van der Waals surface area contributed by atoms with E-state index in [-0.39, 0.29) is 18.6 Å². The number of carbonyl (C=O) groups is 3. The molecule has 156 valence electrons. The summed E-state index contributed by atoms with van der Waals surface area (Å²) in [6.45, 7) is 1.53. The number of nitrogens with one attached hydrogen (secondary N) is 2. The molecule has 0 aliphatic rings. The topological polar surface area (TPSA) is 97.5 Å². The van der Waals surface area contributed by atoms with Crippen LogP contribution >= 0.6 is 0 Å². The summed E-state index contributed by atoms with van der Waals surface area (Å²) in [5.41, 5.74) is 2.77. The van der Waals surface area contributed by atoms with E-state index in [0.717, 1.165) is 22.9 Å². The van der Waals surface area contributed by atoms with Crippen molar-refractivity contribution in [3.63, 3.8) is 0 Å². The number of rotatable bonds is 9. The number of aromatic amines is 1. The highest BCUT2D eigenvalue weighted by Crippen LogP contribution is 2.19. The van der Waals surface area contributed by atoms with Crippen LogP contribution < -0.4 is 5.32 Å². The maximum atomic E-state index is 12.1. The zero-order valence-electron chi connectivity index (χ0n) is 16.8. The molecule has 0 atom stereocenters. The lowest BCUT2D eigenvalue weighted by Crippen LogP contribution is -2.22. The first kappa shape index (κ1) is 21.1. The highest BCUT2D eigenvalue weighted by molar-refractivity contribution is 6.01. The molecule has 0 saturated carbocycles. The van der Waals surface area contributed by atoms with E-state index >= 15 is 0 Å². The van der Waals surface area contributed by atoms with E-state index in [1.807, 2.05) is 30.5 Å².